The van der Waals surface area contributed by atoms with Crippen LogP contribution >= 0.6 is 0 Å². The second-order valence-corrected chi connectivity index (χ2v) is 5.74. The van der Waals surface area contributed by atoms with Crippen LogP contribution in [0.4, 0.5) is 0 Å². The summed E-state index contributed by atoms with van der Waals surface area (Å²) in [4.78, 5) is 2.50. The van der Waals surface area contributed by atoms with Crippen LogP contribution in [0, 0.1) is 5.92 Å². The van der Waals surface area contributed by atoms with Gasteiger partial charge in [0, 0.05) is 30.6 Å². The molecule has 2 aliphatic heterocycles. The average molecular weight is 246 g/mol. The highest BCUT2D eigenvalue weighted by Crippen LogP contribution is 2.34. The molecular weight excluding hydrogens is 224 g/mol. The Kier molecular flexibility index (Phi) is 3.27. The van der Waals surface area contributed by atoms with Gasteiger partial charge in [-0.2, -0.15) is 0 Å². The first kappa shape index (κ1) is 12.0. The Balaban J connectivity index is 1.65. The molecule has 3 heteroatoms. The van der Waals surface area contributed by atoms with Gasteiger partial charge in [-0.1, -0.05) is 25.1 Å². The summed E-state index contributed by atoms with van der Waals surface area (Å²) in [6, 6.07) is 8.74. The van der Waals surface area contributed by atoms with Crippen molar-refractivity contribution >= 4 is 0 Å². The molecule has 2 heterocycles. The van der Waals surface area contributed by atoms with E-state index in [2.05, 4.69) is 30.0 Å². The van der Waals surface area contributed by atoms with E-state index in [0.717, 1.165) is 25.4 Å². The first-order valence-electron chi connectivity index (χ1n) is 6.93. The van der Waals surface area contributed by atoms with Crippen molar-refractivity contribution < 1.29 is 4.74 Å². The third kappa shape index (κ3) is 2.25. The zero-order valence-electron chi connectivity index (χ0n) is 11.0. The lowest BCUT2D eigenvalue weighted by atomic mass is 9.92. The normalized spacial score (nSPS) is 32.0. The van der Waals surface area contributed by atoms with E-state index >= 15 is 0 Å². The second kappa shape index (κ2) is 4.90. The van der Waals surface area contributed by atoms with Gasteiger partial charge < -0.3 is 15.4 Å². The Morgan fingerprint density at radius 1 is 1.39 bits per heavy atom. The third-order valence-corrected chi connectivity index (χ3v) is 4.38. The van der Waals surface area contributed by atoms with Crippen LogP contribution in [0.5, 0.6) is 5.75 Å². The number of nitrogens with zero attached hydrogens (tertiary/aromatic N) is 1. The van der Waals surface area contributed by atoms with Crippen molar-refractivity contribution in [3.63, 3.8) is 0 Å². The van der Waals surface area contributed by atoms with Gasteiger partial charge in [-0.25, -0.2) is 0 Å². The molecule has 0 amide bonds. The van der Waals surface area contributed by atoms with Gasteiger partial charge in [-0.3, -0.25) is 0 Å². The number of benzene rings is 1. The maximum absolute atomic E-state index is 6.16. The molecule has 0 aromatic heterocycles. The molecule has 1 aromatic rings. The highest BCUT2D eigenvalue weighted by molar-refractivity contribution is 5.39. The van der Waals surface area contributed by atoms with E-state index in [9.17, 15) is 0 Å². The van der Waals surface area contributed by atoms with Crippen molar-refractivity contribution in [1.29, 1.82) is 0 Å². The van der Waals surface area contributed by atoms with Gasteiger partial charge >= 0.3 is 0 Å². The molecular formula is C15H22N2O. The van der Waals surface area contributed by atoms with Crippen LogP contribution in [-0.4, -0.2) is 37.2 Å². The topological polar surface area (TPSA) is 38.5 Å². The van der Waals surface area contributed by atoms with E-state index in [0.29, 0.717) is 17.9 Å². The molecule has 0 saturated carbocycles. The van der Waals surface area contributed by atoms with E-state index in [4.69, 9.17) is 10.5 Å². The summed E-state index contributed by atoms with van der Waals surface area (Å²) >= 11 is 0. The minimum atomic E-state index is 0.330. The fraction of sp³-hybridized carbons (Fsp3) is 0.600. The number of nitrogens with two attached hydrogens (primary N) is 1. The van der Waals surface area contributed by atoms with E-state index in [-0.39, 0.29) is 0 Å². The van der Waals surface area contributed by atoms with Crippen LogP contribution in [0.15, 0.2) is 24.3 Å². The number of hydrogen-bond donors (Lipinski definition) is 1. The summed E-state index contributed by atoms with van der Waals surface area (Å²) in [7, 11) is 0. The molecule has 0 aliphatic carbocycles. The molecule has 0 spiro atoms. The van der Waals surface area contributed by atoms with Gasteiger partial charge in [0.05, 0.1) is 6.61 Å². The molecule has 2 aliphatic rings. The minimum Gasteiger partial charge on any atom is -0.493 e. The van der Waals surface area contributed by atoms with E-state index < -0.39 is 0 Å². The number of fused-ring (bicyclic) bond motifs is 1. The highest BCUT2D eigenvalue weighted by atomic mass is 16.5. The molecule has 0 radical (unpaired) electrons. The molecule has 2 N–H and O–H groups in total. The van der Waals surface area contributed by atoms with Crippen LogP contribution < -0.4 is 10.5 Å². The van der Waals surface area contributed by atoms with Crippen molar-refractivity contribution in [2.24, 2.45) is 11.7 Å². The second-order valence-electron chi connectivity index (χ2n) is 5.74. The Morgan fingerprint density at radius 3 is 3.06 bits per heavy atom. The molecule has 0 bridgehead atoms. The average Bonchev–Trinajstić information content (AvgIpc) is 2.78. The van der Waals surface area contributed by atoms with Crippen molar-refractivity contribution in [3.05, 3.63) is 29.8 Å². The third-order valence-electron chi connectivity index (χ3n) is 4.38. The van der Waals surface area contributed by atoms with Gasteiger partial charge in [0.1, 0.15) is 5.75 Å². The SMILES string of the molecule is CC1CCN(CC2COc3ccccc32)CC1N. The van der Waals surface area contributed by atoms with Crippen LogP contribution in [0.1, 0.15) is 24.8 Å². The molecule has 98 valence electrons. The van der Waals surface area contributed by atoms with E-state index in [1.807, 2.05) is 6.07 Å². The smallest absolute Gasteiger partial charge is 0.122 e. The maximum atomic E-state index is 6.16. The van der Waals surface area contributed by atoms with Crippen LogP contribution in [-0.2, 0) is 0 Å². The first-order valence-corrected chi connectivity index (χ1v) is 6.93. The summed E-state index contributed by atoms with van der Waals surface area (Å²) in [5.41, 5.74) is 7.53. The molecule has 3 nitrogen and oxygen atoms in total. The summed E-state index contributed by atoms with van der Waals surface area (Å²) in [6.45, 7) is 6.36. The predicted molar refractivity (Wildman–Crippen MR) is 72.9 cm³/mol. The predicted octanol–water partition coefficient (Wildman–Crippen LogP) is 1.83. The molecule has 1 saturated heterocycles. The minimum absolute atomic E-state index is 0.330. The summed E-state index contributed by atoms with van der Waals surface area (Å²) in [6.07, 6.45) is 1.22. The molecule has 18 heavy (non-hydrogen) atoms. The number of ether oxygens (including phenoxy) is 1. The zero-order valence-corrected chi connectivity index (χ0v) is 11.0. The highest BCUT2D eigenvalue weighted by Gasteiger charge is 2.29. The number of para-hydroxylation sites is 1. The zero-order chi connectivity index (χ0) is 12.5. The lowest BCUT2D eigenvalue weighted by molar-refractivity contribution is 0.154. The Labute approximate surface area is 109 Å². The largest absolute Gasteiger partial charge is 0.493 e. The van der Waals surface area contributed by atoms with E-state index in [1.165, 1.54) is 18.5 Å². The fourth-order valence-corrected chi connectivity index (χ4v) is 3.03. The van der Waals surface area contributed by atoms with E-state index in [1.54, 1.807) is 0 Å². The van der Waals surface area contributed by atoms with Crippen molar-refractivity contribution in [2.45, 2.75) is 25.3 Å². The number of piperidine rings is 1. The van der Waals surface area contributed by atoms with Gasteiger partial charge in [0.15, 0.2) is 0 Å². The van der Waals surface area contributed by atoms with Gasteiger partial charge in [-0.05, 0) is 24.9 Å². The van der Waals surface area contributed by atoms with Crippen molar-refractivity contribution in [3.8, 4) is 5.75 Å². The van der Waals surface area contributed by atoms with Gasteiger partial charge in [0.2, 0.25) is 0 Å². The number of likely N-dealkylation sites (tertiary alicyclic amines) is 1. The number of rotatable bonds is 2. The monoisotopic (exact) mass is 246 g/mol. The first-order chi connectivity index (χ1) is 8.74. The van der Waals surface area contributed by atoms with Gasteiger partial charge in [0.25, 0.3) is 0 Å². The summed E-state index contributed by atoms with van der Waals surface area (Å²) < 4.78 is 5.74. The fourth-order valence-electron chi connectivity index (χ4n) is 3.03. The molecule has 1 aromatic carbocycles. The summed E-state index contributed by atoms with van der Waals surface area (Å²) in [5, 5.41) is 0. The number of hydrogen-bond acceptors (Lipinski definition) is 3. The quantitative estimate of drug-likeness (QED) is 0.865. The summed E-state index contributed by atoms with van der Waals surface area (Å²) in [5.74, 6) is 2.24. The lowest BCUT2D eigenvalue weighted by Gasteiger charge is -2.36. The van der Waals surface area contributed by atoms with Crippen LogP contribution in [0.3, 0.4) is 0 Å². The van der Waals surface area contributed by atoms with Crippen LogP contribution in [0.25, 0.3) is 0 Å². The Morgan fingerprint density at radius 2 is 2.22 bits per heavy atom. The van der Waals surface area contributed by atoms with Crippen LogP contribution in [0.2, 0.25) is 0 Å². The Hall–Kier alpha value is -1.06. The maximum Gasteiger partial charge on any atom is 0.122 e. The van der Waals surface area contributed by atoms with Crippen molar-refractivity contribution in [1.82, 2.24) is 4.90 Å². The molecule has 3 atom stereocenters. The molecule has 3 rings (SSSR count). The van der Waals surface area contributed by atoms with Gasteiger partial charge in [-0.15, -0.1) is 0 Å². The Bertz CT molecular complexity index is 421. The standard InChI is InChI=1S/C15H22N2O/c1-11-6-7-17(9-14(11)16)8-12-10-18-15-5-3-2-4-13(12)15/h2-5,11-12,14H,6-10,16H2,1H3. The molecule has 1 fully saturated rings. The molecule has 3 unspecified atom stereocenters. The lowest BCUT2D eigenvalue weighted by Crippen LogP contribution is -2.48. The van der Waals surface area contributed by atoms with Crippen molar-refractivity contribution in [2.75, 3.05) is 26.2 Å².